The zero-order chi connectivity index (χ0) is 17.1. The van der Waals surface area contributed by atoms with Gasteiger partial charge in [-0.15, -0.1) is 0 Å². The van der Waals surface area contributed by atoms with Gasteiger partial charge in [0.2, 0.25) is 5.91 Å². The number of hydrogen-bond donors (Lipinski definition) is 0. The van der Waals surface area contributed by atoms with E-state index in [9.17, 15) is 4.79 Å². The average molecular weight is 334 g/mol. The molecule has 1 aliphatic carbocycles. The van der Waals surface area contributed by atoms with Gasteiger partial charge >= 0.3 is 0 Å². The van der Waals surface area contributed by atoms with Crippen LogP contribution in [-0.4, -0.2) is 72.5 Å². The zero-order valence-electron chi connectivity index (χ0n) is 15.8. The molecule has 2 fully saturated rings. The van der Waals surface area contributed by atoms with Gasteiger partial charge in [0, 0.05) is 45.8 Å². The summed E-state index contributed by atoms with van der Waals surface area (Å²) in [5.41, 5.74) is 1.59. The van der Waals surface area contributed by atoms with Crippen molar-refractivity contribution in [3.63, 3.8) is 0 Å². The van der Waals surface area contributed by atoms with Crippen LogP contribution >= 0.6 is 0 Å². The van der Waals surface area contributed by atoms with Gasteiger partial charge in [-0.1, -0.05) is 18.6 Å². The van der Waals surface area contributed by atoms with E-state index in [4.69, 9.17) is 0 Å². The highest BCUT2D eigenvalue weighted by molar-refractivity contribution is 5.81. The van der Waals surface area contributed by atoms with E-state index in [2.05, 4.69) is 41.5 Å². The first-order valence-corrected chi connectivity index (χ1v) is 9.98. The minimum Gasteiger partial charge on any atom is -0.341 e. The lowest BCUT2D eigenvalue weighted by atomic mass is 9.79. The van der Waals surface area contributed by atoms with Gasteiger partial charge in [-0.25, -0.2) is 0 Å². The van der Waals surface area contributed by atoms with Crippen molar-refractivity contribution >= 4 is 5.91 Å². The van der Waals surface area contributed by atoms with E-state index in [1.54, 1.807) is 5.57 Å². The zero-order valence-corrected chi connectivity index (χ0v) is 15.8. The molecular weight excluding hydrogens is 298 g/mol. The van der Waals surface area contributed by atoms with Gasteiger partial charge in [-0.3, -0.25) is 9.69 Å². The van der Waals surface area contributed by atoms with Gasteiger partial charge in [0.05, 0.1) is 6.04 Å². The van der Waals surface area contributed by atoms with E-state index >= 15 is 0 Å². The first kappa shape index (κ1) is 17.9. The molecule has 0 aromatic heterocycles. The predicted octanol–water partition coefficient (Wildman–Crippen LogP) is 2.61. The summed E-state index contributed by atoms with van der Waals surface area (Å²) in [6, 6.07) is 0.0560. The first-order valence-electron chi connectivity index (χ1n) is 9.98. The Morgan fingerprint density at radius 1 is 1.17 bits per heavy atom. The van der Waals surface area contributed by atoms with Crippen LogP contribution in [0.3, 0.4) is 0 Å². The maximum Gasteiger partial charge on any atom is 0.239 e. The quantitative estimate of drug-likeness (QED) is 0.740. The molecule has 0 bridgehead atoms. The molecule has 0 N–H and O–H groups in total. The molecule has 2 saturated heterocycles. The highest BCUT2D eigenvalue weighted by Crippen LogP contribution is 2.31. The van der Waals surface area contributed by atoms with Gasteiger partial charge in [-0.2, -0.15) is 0 Å². The number of carbonyl (C=O) groups is 1. The van der Waals surface area contributed by atoms with Crippen LogP contribution in [0.4, 0.5) is 0 Å². The second-order valence-electron chi connectivity index (χ2n) is 8.15. The standard InChI is InChI=1S/C20H35N3O/c1-16-7-6-8-17(2)19(16)15-21-11-13-22(14-12-21)18(3)20(24)23-9-4-5-10-23/h7,17-19H,4-6,8-15H2,1-3H3/t17-,18+,19-/m0/s1. The third kappa shape index (κ3) is 4.02. The smallest absolute Gasteiger partial charge is 0.239 e. The van der Waals surface area contributed by atoms with Gasteiger partial charge in [0.25, 0.3) is 0 Å². The Labute approximate surface area is 147 Å². The van der Waals surface area contributed by atoms with Crippen molar-refractivity contribution in [1.82, 2.24) is 14.7 Å². The van der Waals surface area contributed by atoms with Gasteiger partial charge < -0.3 is 9.80 Å². The number of amides is 1. The summed E-state index contributed by atoms with van der Waals surface area (Å²) in [4.78, 5) is 19.7. The van der Waals surface area contributed by atoms with Crippen molar-refractivity contribution in [1.29, 1.82) is 0 Å². The van der Waals surface area contributed by atoms with E-state index in [0.29, 0.717) is 5.91 Å². The molecule has 1 amide bonds. The number of rotatable bonds is 4. The van der Waals surface area contributed by atoms with Crippen LogP contribution in [0.15, 0.2) is 11.6 Å². The molecule has 136 valence electrons. The summed E-state index contributed by atoms with van der Waals surface area (Å²) in [6.07, 6.45) is 7.39. The maximum absolute atomic E-state index is 12.6. The molecule has 2 aliphatic heterocycles. The molecule has 0 aromatic carbocycles. The lowest BCUT2D eigenvalue weighted by molar-refractivity contribution is -0.136. The van der Waals surface area contributed by atoms with Crippen molar-refractivity contribution in [3.8, 4) is 0 Å². The summed E-state index contributed by atoms with van der Waals surface area (Å²) in [7, 11) is 0. The molecule has 0 saturated carbocycles. The highest BCUT2D eigenvalue weighted by atomic mass is 16.2. The Morgan fingerprint density at radius 2 is 1.83 bits per heavy atom. The number of piperazine rings is 1. The fourth-order valence-corrected chi connectivity index (χ4v) is 4.67. The van der Waals surface area contributed by atoms with E-state index < -0.39 is 0 Å². The second-order valence-corrected chi connectivity index (χ2v) is 8.15. The van der Waals surface area contributed by atoms with Gasteiger partial charge in [0.1, 0.15) is 0 Å². The summed E-state index contributed by atoms with van der Waals surface area (Å²) < 4.78 is 0. The molecule has 0 aromatic rings. The van der Waals surface area contributed by atoms with Crippen LogP contribution in [-0.2, 0) is 4.79 Å². The van der Waals surface area contributed by atoms with Crippen LogP contribution in [0.2, 0.25) is 0 Å². The molecule has 3 rings (SSSR count). The fourth-order valence-electron chi connectivity index (χ4n) is 4.67. The Hall–Kier alpha value is -0.870. The third-order valence-electron chi connectivity index (χ3n) is 6.54. The summed E-state index contributed by atoms with van der Waals surface area (Å²) in [6.45, 7) is 14.2. The van der Waals surface area contributed by atoms with Gasteiger partial charge in [0.15, 0.2) is 0 Å². The maximum atomic E-state index is 12.6. The topological polar surface area (TPSA) is 26.8 Å². The average Bonchev–Trinajstić information content (AvgIpc) is 3.12. The Balaban J connectivity index is 1.47. The van der Waals surface area contributed by atoms with Crippen LogP contribution in [0.25, 0.3) is 0 Å². The highest BCUT2D eigenvalue weighted by Gasteiger charge is 2.31. The van der Waals surface area contributed by atoms with Crippen molar-refractivity contribution in [2.24, 2.45) is 11.8 Å². The number of allylic oxidation sites excluding steroid dienone is 1. The lowest BCUT2D eigenvalue weighted by Gasteiger charge is -2.41. The minimum absolute atomic E-state index is 0.0560. The third-order valence-corrected chi connectivity index (χ3v) is 6.54. The summed E-state index contributed by atoms with van der Waals surface area (Å²) >= 11 is 0. The van der Waals surface area contributed by atoms with Crippen molar-refractivity contribution in [2.45, 2.75) is 52.5 Å². The molecule has 4 heteroatoms. The summed E-state index contributed by atoms with van der Waals surface area (Å²) in [5, 5.41) is 0. The molecule has 2 heterocycles. The second kappa shape index (κ2) is 8.01. The molecular formula is C20H35N3O. The Morgan fingerprint density at radius 3 is 2.46 bits per heavy atom. The van der Waals surface area contributed by atoms with E-state index in [1.807, 2.05) is 0 Å². The van der Waals surface area contributed by atoms with Crippen LogP contribution < -0.4 is 0 Å². The number of likely N-dealkylation sites (tertiary alicyclic amines) is 1. The van der Waals surface area contributed by atoms with E-state index in [0.717, 1.165) is 51.1 Å². The number of hydrogen-bond acceptors (Lipinski definition) is 3. The number of carbonyl (C=O) groups excluding carboxylic acids is 1. The van der Waals surface area contributed by atoms with Crippen molar-refractivity contribution < 1.29 is 4.79 Å². The lowest BCUT2D eigenvalue weighted by Crippen LogP contribution is -2.55. The molecule has 3 aliphatic rings. The van der Waals surface area contributed by atoms with Crippen LogP contribution in [0.5, 0.6) is 0 Å². The summed E-state index contributed by atoms with van der Waals surface area (Å²) in [5.74, 6) is 1.89. The SMILES string of the molecule is CC1=CCC[C@H](C)[C@H]1CN1CCN([C@H](C)C(=O)N2CCCC2)CC1. The molecule has 0 spiro atoms. The largest absolute Gasteiger partial charge is 0.341 e. The van der Waals surface area contributed by atoms with Gasteiger partial charge in [-0.05, 0) is 51.4 Å². The Kier molecular flexibility index (Phi) is 5.98. The van der Waals surface area contributed by atoms with Crippen LogP contribution in [0.1, 0.15) is 46.5 Å². The van der Waals surface area contributed by atoms with Crippen molar-refractivity contribution in [2.75, 3.05) is 45.8 Å². The van der Waals surface area contributed by atoms with E-state index in [1.165, 1.54) is 32.2 Å². The molecule has 4 nitrogen and oxygen atoms in total. The molecule has 0 unspecified atom stereocenters. The Bertz CT molecular complexity index is 462. The number of nitrogens with zero attached hydrogens (tertiary/aromatic N) is 3. The van der Waals surface area contributed by atoms with Crippen molar-refractivity contribution in [3.05, 3.63) is 11.6 Å². The normalized spacial score (nSPS) is 31.1. The molecule has 24 heavy (non-hydrogen) atoms. The molecule has 3 atom stereocenters. The van der Waals surface area contributed by atoms with E-state index in [-0.39, 0.29) is 6.04 Å². The molecule has 0 radical (unpaired) electrons. The first-order chi connectivity index (χ1) is 11.6. The monoisotopic (exact) mass is 333 g/mol. The minimum atomic E-state index is 0.0560. The predicted molar refractivity (Wildman–Crippen MR) is 98.9 cm³/mol. The fraction of sp³-hybridized carbons (Fsp3) is 0.850. The van der Waals surface area contributed by atoms with Crippen LogP contribution in [0, 0.1) is 11.8 Å².